The minimum absolute atomic E-state index is 0.255. The van der Waals surface area contributed by atoms with Crippen LogP contribution in [0.3, 0.4) is 0 Å². The predicted octanol–water partition coefficient (Wildman–Crippen LogP) is 1.29. The van der Waals surface area contributed by atoms with Crippen molar-refractivity contribution in [2.24, 2.45) is 0 Å². The first-order valence-electron chi connectivity index (χ1n) is 5.46. The van der Waals surface area contributed by atoms with Gasteiger partial charge in [0.1, 0.15) is 11.6 Å². The molecule has 0 saturated heterocycles. The van der Waals surface area contributed by atoms with Gasteiger partial charge in [-0.25, -0.2) is 9.87 Å². The summed E-state index contributed by atoms with van der Waals surface area (Å²) in [6, 6.07) is 5.42. The normalized spacial score (nSPS) is 11.9. The third-order valence-corrected chi connectivity index (χ3v) is 2.06. The lowest BCUT2D eigenvalue weighted by molar-refractivity contribution is -0.141. The van der Waals surface area contributed by atoms with E-state index in [4.69, 9.17) is 14.3 Å². The molecule has 0 bridgehead atoms. The molecule has 0 aliphatic heterocycles. The van der Waals surface area contributed by atoms with Gasteiger partial charge in [-0.05, 0) is 31.2 Å². The largest absolute Gasteiger partial charge is 0.481 e. The maximum Gasteiger partial charge on any atom is 0.284 e. The van der Waals surface area contributed by atoms with Crippen molar-refractivity contribution >= 4 is 5.91 Å². The van der Waals surface area contributed by atoms with Crippen molar-refractivity contribution in [3.63, 3.8) is 0 Å². The Balaban J connectivity index is 2.33. The lowest BCUT2D eigenvalue weighted by atomic mass is 10.3. The van der Waals surface area contributed by atoms with Gasteiger partial charge in [0.15, 0.2) is 6.10 Å². The van der Waals surface area contributed by atoms with Crippen LogP contribution < -0.4 is 10.2 Å². The smallest absolute Gasteiger partial charge is 0.284 e. The van der Waals surface area contributed by atoms with Crippen LogP contribution in [-0.2, 0) is 14.4 Å². The van der Waals surface area contributed by atoms with E-state index in [9.17, 15) is 9.18 Å². The molecular formula is C12H16FNO4. The van der Waals surface area contributed by atoms with Crippen molar-refractivity contribution in [3.8, 4) is 5.75 Å². The molecule has 0 aliphatic carbocycles. The molecule has 0 heterocycles. The number of carbonyl (C=O) groups excluding carboxylic acids is 1. The number of amides is 1. The second-order valence-corrected chi connectivity index (χ2v) is 3.52. The number of ether oxygens (including phenoxy) is 2. The third kappa shape index (κ3) is 5.11. The van der Waals surface area contributed by atoms with Gasteiger partial charge < -0.3 is 9.47 Å². The summed E-state index contributed by atoms with van der Waals surface area (Å²) in [6.07, 6.45) is -0.738. The number of hydrogen-bond donors (Lipinski definition) is 1. The van der Waals surface area contributed by atoms with E-state index < -0.39 is 12.0 Å². The Hall–Kier alpha value is -1.66. The highest BCUT2D eigenvalue weighted by molar-refractivity contribution is 5.79. The topological polar surface area (TPSA) is 56.8 Å². The molecule has 1 atom stereocenters. The van der Waals surface area contributed by atoms with Gasteiger partial charge in [-0.15, -0.1) is 0 Å². The minimum Gasteiger partial charge on any atom is -0.481 e. The van der Waals surface area contributed by atoms with Crippen molar-refractivity contribution in [2.45, 2.75) is 13.0 Å². The van der Waals surface area contributed by atoms with Gasteiger partial charge in [0, 0.05) is 7.11 Å². The Morgan fingerprint density at radius 3 is 2.61 bits per heavy atom. The number of rotatable bonds is 7. The third-order valence-electron chi connectivity index (χ3n) is 2.06. The van der Waals surface area contributed by atoms with Crippen LogP contribution in [0.25, 0.3) is 0 Å². The Labute approximate surface area is 105 Å². The summed E-state index contributed by atoms with van der Waals surface area (Å²) in [7, 11) is 1.53. The van der Waals surface area contributed by atoms with Crippen molar-refractivity contribution in [2.75, 3.05) is 20.3 Å². The number of benzene rings is 1. The standard InChI is InChI=1S/C12H16FNO4/c1-9(12(15)14-17-8-7-16-2)18-11-5-3-10(13)4-6-11/h3-6,9H,7-8H2,1-2H3,(H,14,15). The average Bonchev–Trinajstić information content (AvgIpc) is 2.37. The molecule has 0 aromatic heterocycles. The second-order valence-electron chi connectivity index (χ2n) is 3.52. The summed E-state index contributed by atoms with van der Waals surface area (Å²) in [5, 5.41) is 0. The van der Waals surface area contributed by atoms with Gasteiger partial charge >= 0.3 is 0 Å². The summed E-state index contributed by atoms with van der Waals surface area (Å²) >= 11 is 0. The number of carbonyl (C=O) groups is 1. The van der Waals surface area contributed by atoms with E-state index in [2.05, 4.69) is 5.48 Å². The zero-order chi connectivity index (χ0) is 13.4. The van der Waals surface area contributed by atoms with Gasteiger partial charge in [-0.3, -0.25) is 9.63 Å². The van der Waals surface area contributed by atoms with E-state index in [0.29, 0.717) is 12.4 Å². The molecule has 0 aliphatic rings. The monoisotopic (exact) mass is 257 g/mol. The number of methoxy groups -OCH3 is 1. The first-order valence-corrected chi connectivity index (χ1v) is 5.46. The van der Waals surface area contributed by atoms with Crippen LogP contribution in [0.1, 0.15) is 6.92 Å². The molecule has 1 amide bonds. The molecule has 0 saturated carbocycles. The summed E-state index contributed by atoms with van der Waals surface area (Å²) in [6.45, 7) is 2.21. The van der Waals surface area contributed by atoms with E-state index in [1.54, 1.807) is 6.92 Å². The van der Waals surface area contributed by atoms with Crippen LogP contribution in [0.15, 0.2) is 24.3 Å². The molecule has 1 rings (SSSR count). The van der Waals surface area contributed by atoms with Gasteiger partial charge in [0.05, 0.1) is 13.2 Å². The van der Waals surface area contributed by atoms with Gasteiger partial charge in [0.25, 0.3) is 5.91 Å². The Morgan fingerprint density at radius 1 is 1.33 bits per heavy atom. The van der Waals surface area contributed by atoms with Crippen molar-refractivity contribution in [3.05, 3.63) is 30.1 Å². The molecule has 100 valence electrons. The molecule has 1 unspecified atom stereocenters. The molecule has 0 spiro atoms. The van der Waals surface area contributed by atoms with E-state index in [1.165, 1.54) is 31.4 Å². The molecular weight excluding hydrogens is 241 g/mol. The molecule has 6 heteroatoms. The number of hydroxylamine groups is 1. The second kappa shape index (κ2) is 7.62. The first kappa shape index (κ1) is 14.4. The minimum atomic E-state index is -0.738. The Kier molecular flexibility index (Phi) is 6.10. The van der Waals surface area contributed by atoms with Gasteiger partial charge in [-0.2, -0.15) is 0 Å². The first-order chi connectivity index (χ1) is 8.63. The van der Waals surface area contributed by atoms with Crippen LogP contribution in [-0.4, -0.2) is 32.3 Å². The zero-order valence-electron chi connectivity index (χ0n) is 10.3. The highest BCUT2D eigenvalue weighted by Crippen LogP contribution is 2.12. The average molecular weight is 257 g/mol. The van der Waals surface area contributed by atoms with E-state index >= 15 is 0 Å². The SMILES string of the molecule is COCCONC(=O)C(C)Oc1ccc(F)cc1. The zero-order valence-corrected chi connectivity index (χ0v) is 10.3. The fraction of sp³-hybridized carbons (Fsp3) is 0.417. The lowest BCUT2D eigenvalue weighted by Gasteiger charge is -2.14. The maximum atomic E-state index is 12.7. The maximum absolute atomic E-state index is 12.7. The summed E-state index contributed by atoms with van der Waals surface area (Å²) < 4.78 is 22.7. The van der Waals surface area contributed by atoms with Crippen molar-refractivity contribution < 1.29 is 23.5 Å². The summed E-state index contributed by atoms with van der Waals surface area (Å²) in [4.78, 5) is 16.4. The van der Waals surface area contributed by atoms with Gasteiger partial charge in [0.2, 0.25) is 0 Å². The fourth-order valence-corrected chi connectivity index (χ4v) is 1.10. The van der Waals surface area contributed by atoms with Gasteiger partial charge in [-0.1, -0.05) is 0 Å². The highest BCUT2D eigenvalue weighted by Gasteiger charge is 2.14. The summed E-state index contributed by atoms with van der Waals surface area (Å²) in [5.41, 5.74) is 2.23. The lowest BCUT2D eigenvalue weighted by Crippen LogP contribution is -2.36. The number of nitrogens with one attached hydrogen (secondary N) is 1. The van der Waals surface area contributed by atoms with Crippen LogP contribution in [0.5, 0.6) is 5.75 Å². The number of hydrogen-bond acceptors (Lipinski definition) is 4. The molecule has 1 aromatic rings. The molecule has 0 fully saturated rings. The quantitative estimate of drug-likeness (QED) is 0.590. The van der Waals surface area contributed by atoms with Crippen LogP contribution in [0, 0.1) is 5.82 Å². The highest BCUT2D eigenvalue weighted by atomic mass is 19.1. The summed E-state index contributed by atoms with van der Waals surface area (Å²) in [5.74, 6) is -0.367. The van der Waals surface area contributed by atoms with Crippen LogP contribution in [0.4, 0.5) is 4.39 Å². The fourth-order valence-electron chi connectivity index (χ4n) is 1.10. The molecule has 1 N–H and O–H groups in total. The van der Waals surface area contributed by atoms with E-state index in [1.807, 2.05) is 0 Å². The van der Waals surface area contributed by atoms with E-state index in [-0.39, 0.29) is 12.4 Å². The Morgan fingerprint density at radius 2 is 2.00 bits per heavy atom. The molecule has 1 aromatic carbocycles. The van der Waals surface area contributed by atoms with Crippen LogP contribution >= 0.6 is 0 Å². The van der Waals surface area contributed by atoms with E-state index in [0.717, 1.165) is 0 Å². The Bertz CT molecular complexity index is 369. The van der Waals surface area contributed by atoms with Crippen molar-refractivity contribution in [1.29, 1.82) is 0 Å². The molecule has 18 heavy (non-hydrogen) atoms. The molecule has 0 radical (unpaired) electrons. The predicted molar refractivity (Wildman–Crippen MR) is 62.5 cm³/mol. The van der Waals surface area contributed by atoms with Crippen molar-refractivity contribution in [1.82, 2.24) is 5.48 Å². The van der Waals surface area contributed by atoms with Crippen LogP contribution in [0.2, 0.25) is 0 Å². The number of halogens is 1. The molecule has 5 nitrogen and oxygen atoms in total.